The van der Waals surface area contributed by atoms with Crippen molar-refractivity contribution in [2.75, 3.05) is 19.8 Å². The third kappa shape index (κ3) is 6.74. The van der Waals surface area contributed by atoms with E-state index in [0.29, 0.717) is 0 Å². The molecule has 182 valence electrons. The molecule has 1 heterocycles. The van der Waals surface area contributed by atoms with Gasteiger partial charge in [0.05, 0.1) is 43.7 Å². The molecule has 0 fully saturated rings. The molecule has 1 atom stereocenters. The lowest BCUT2D eigenvalue weighted by atomic mass is 10.0. The van der Waals surface area contributed by atoms with Crippen molar-refractivity contribution in [3.8, 4) is 0 Å². The van der Waals surface area contributed by atoms with Crippen LogP contribution < -0.4 is 5.32 Å². The van der Waals surface area contributed by atoms with Gasteiger partial charge in [0.25, 0.3) is 11.8 Å². The van der Waals surface area contributed by atoms with Crippen LogP contribution in [0.3, 0.4) is 0 Å². The Kier molecular flexibility index (Phi) is 9.48. The second-order valence-electron chi connectivity index (χ2n) is 7.20. The minimum absolute atomic E-state index is 0.0774. The summed E-state index contributed by atoms with van der Waals surface area (Å²) in [6.45, 7) is 2.93. The van der Waals surface area contributed by atoms with E-state index in [1.165, 1.54) is 12.1 Å². The van der Waals surface area contributed by atoms with Gasteiger partial charge in [-0.3, -0.25) is 28.9 Å². The number of rotatable bonds is 13. The van der Waals surface area contributed by atoms with E-state index in [1.54, 1.807) is 26.0 Å². The summed E-state index contributed by atoms with van der Waals surface area (Å²) in [4.78, 5) is 73.7. The number of hydrogen-bond donors (Lipinski definition) is 2. The van der Waals surface area contributed by atoms with Crippen LogP contribution in [-0.2, 0) is 28.7 Å². The number of esters is 2. The average Bonchev–Trinajstić information content (AvgIpc) is 3.04. The molecule has 2 amide bonds. The number of ether oxygens (including phenoxy) is 2. The number of amides is 2. The molecule has 0 radical (unpaired) electrons. The molecule has 0 aromatic heterocycles. The maximum Gasteiger partial charge on any atom is 0.327 e. The maximum atomic E-state index is 12.6. The van der Waals surface area contributed by atoms with Crippen molar-refractivity contribution in [3.05, 3.63) is 47.2 Å². The van der Waals surface area contributed by atoms with E-state index in [-0.39, 0.29) is 42.8 Å². The highest BCUT2D eigenvalue weighted by Crippen LogP contribution is 2.22. The molecule has 0 spiro atoms. The van der Waals surface area contributed by atoms with E-state index in [0.717, 1.165) is 11.1 Å². The minimum atomic E-state index is -1.46. The quantitative estimate of drug-likeness (QED) is 0.241. The van der Waals surface area contributed by atoms with Gasteiger partial charge in [0.1, 0.15) is 6.04 Å². The van der Waals surface area contributed by atoms with Gasteiger partial charge in [0.2, 0.25) is 0 Å². The fraction of sp³-hybridized carbons (Fsp3) is 0.391. The number of ketones is 1. The Labute approximate surface area is 195 Å². The predicted octanol–water partition coefficient (Wildman–Crippen LogP) is 1.07. The largest absolute Gasteiger partial charge is 0.480 e. The molecule has 0 saturated heterocycles. The van der Waals surface area contributed by atoms with Crippen LogP contribution in [0.4, 0.5) is 0 Å². The molecule has 0 bridgehead atoms. The summed E-state index contributed by atoms with van der Waals surface area (Å²) in [5.41, 5.74) is 0.227. The summed E-state index contributed by atoms with van der Waals surface area (Å²) < 4.78 is 9.62. The summed E-state index contributed by atoms with van der Waals surface area (Å²) >= 11 is 0. The summed E-state index contributed by atoms with van der Waals surface area (Å²) in [7, 11) is 0. The molecular formula is C23H26N2O9. The van der Waals surface area contributed by atoms with Crippen LogP contribution in [0.5, 0.6) is 0 Å². The van der Waals surface area contributed by atoms with Crippen molar-refractivity contribution in [1.29, 1.82) is 0 Å². The fourth-order valence-corrected chi connectivity index (χ4v) is 3.20. The Bertz CT molecular complexity index is 980. The number of carbonyl (C=O) groups excluding carboxylic acids is 5. The Morgan fingerprint density at radius 2 is 1.53 bits per heavy atom. The number of nitrogens with zero attached hydrogens (tertiary/aromatic N) is 1. The molecule has 1 aromatic carbocycles. The van der Waals surface area contributed by atoms with Gasteiger partial charge in [-0.05, 0) is 26.0 Å². The van der Waals surface area contributed by atoms with E-state index in [1.807, 2.05) is 0 Å². The first-order valence-electron chi connectivity index (χ1n) is 10.7. The van der Waals surface area contributed by atoms with Gasteiger partial charge in [-0.25, -0.2) is 4.79 Å². The zero-order chi connectivity index (χ0) is 25.3. The summed E-state index contributed by atoms with van der Waals surface area (Å²) in [6.07, 6.45) is 0.106. The first-order chi connectivity index (χ1) is 16.2. The van der Waals surface area contributed by atoms with Crippen LogP contribution >= 0.6 is 0 Å². The van der Waals surface area contributed by atoms with Gasteiger partial charge in [-0.2, -0.15) is 0 Å². The first-order valence-corrected chi connectivity index (χ1v) is 10.7. The van der Waals surface area contributed by atoms with E-state index < -0.39 is 54.5 Å². The number of carbonyl (C=O) groups is 6. The average molecular weight is 474 g/mol. The Hall–Kier alpha value is -4.02. The molecule has 11 nitrogen and oxygen atoms in total. The number of benzene rings is 1. The van der Waals surface area contributed by atoms with Crippen LogP contribution in [0.2, 0.25) is 0 Å². The van der Waals surface area contributed by atoms with Crippen molar-refractivity contribution in [1.82, 2.24) is 10.2 Å². The highest BCUT2D eigenvalue weighted by atomic mass is 16.5. The third-order valence-electron chi connectivity index (χ3n) is 4.86. The third-order valence-corrected chi connectivity index (χ3v) is 4.86. The van der Waals surface area contributed by atoms with E-state index >= 15 is 0 Å². The van der Waals surface area contributed by atoms with Crippen LogP contribution in [0.1, 0.15) is 53.8 Å². The van der Waals surface area contributed by atoms with Crippen molar-refractivity contribution < 1.29 is 43.3 Å². The number of nitrogens with one attached hydrogen (secondary N) is 1. The maximum absolute atomic E-state index is 12.6. The van der Waals surface area contributed by atoms with Gasteiger partial charge in [-0.1, -0.05) is 12.1 Å². The lowest BCUT2D eigenvalue weighted by Gasteiger charge is -2.20. The van der Waals surface area contributed by atoms with Crippen LogP contribution in [0, 0.1) is 0 Å². The van der Waals surface area contributed by atoms with Crippen molar-refractivity contribution >= 4 is 35.5 Å². The Morgan fingerprint density at radius 1 is 0.971 bits per heavy atom. The fourth-order valence-electron chi connectivity index (χ4n) is 3.20. The summed E-state index contributed by atoms with van der Waals surface area (Å²) in [5.74, 6) is -4.54. The smallest absolute Gasteiger partial charge is 0.327 e. The molecule has 0 aliphatic carbocycles. The van der Waals surface area contributed by atoms with E-state index in [4.69, 9.17) is 9.47 Å². The van der Waals surface area contributed by atoms with Crippen molar-refractivity contribution in [2.45, 2.75) is 39.2 Å². The number of fused-ring (bicyclic) bond motifs is 1. The number of aliphatic carboxylic acids is 1. The topological polar surface area (TPSA) is 156 Å². The van der Waals surface area contributed by atoms with Gasteiger partial charge in [0, 0.05) is 18.2 Å². The van der Waals surface area contributed by atoms with Gasteiger partial charge in [0.15, 0.2) is 5.78 Å². The number of carboxylic acids is 1. The molecule has 11 heteroatoms. The van der Waals surface area contributed by atoms with Gasteiger partial charge >= 0.3 is 17.9 Å². The Morgan fingerprint density at radius 3 is 2.06 bits per heavy atom. The number of hydrogen-bond acceptors (Lipinski definition) is 9. The summed E-state index contributed by atoms with van der Waals surface area (Å²) in [6, 6.07) is 4.66. The van der Waals surface area contributed by atoms with E-state index in [9.17, 15) is 33.9 Å². The van der Waals surface area contributed by atoms with Crippen LogP contribution in [-0.4, -0.2) is 71.3 Å². The zero-order valence-corrected chi connectivity index (χ0v) is 18.9. The SMILES string of the molecule is CCOC(=O)CCC(=O)/C(=C/NC(CN1C(=O)c2ccccc2C1=O)C(=O)O)CC(=O)OCC. The highest BCUT2D eigenvalue weighted by Gasteiger charge is 2.37. The molecule has 1 aliphatic rings. The Balaban J connectivity index is 2.16. The van der Waals surface area contributed by atoms with Crippen LogP contribution in [0.15, 0.2) is 36.0 Å². The normalized spacial score (nSPS) is 13.8. The lowest BCUT2D eigenvalue weighted by Crippen LogP contribution is -2.46. The molecule has 1 aliphatic heterocycles. The highest BCUT2D eigenvalue weighted by molar-refractivity contribution is 6.21. The second kappa shape index (κ2) is 12.3. The lowest BCUT2D eigenvalue weighted by molar-refractivity contribution is -0.144. The molecule has 34 heavy (non-hydrogen) atoms. The second-order valence-corrected chi connectivity index (χ2v) is 7.20. The van der Waals surface area contributed by atoms with Crippen LogP contribution in [0.25, 0.3) is 0 Å². The minimum Gasteiger partial charge on any atom is -0.480 e. The number of Topliss-reactive ketones (excluding diaryl/α,β-unsaturated/α-hetero) is 1. The summed E-state index contributed by atoms with van der Waals surface area (Å²) in [5, 5.41) is 12.1. The number of carboxylic acid groups (broad SMARTS) is 1. The van der Waals surface area contributed by atoms with E-state index in [2.05, 4.69) is 5.32 Å². The molecule has 2 N–H and O–H groups in total. The van der Waals surface area contributed by atoms with Crippen molar-refractivity contribution in [2.24, 2.45) is 0 Å². The molecule has 0 saturated carbocycles. The standard InChI is InChI=1S/C23H26N2O9/c1-3-33-19(27)10-9-18(26)14(11-20(28)34-4-2)12-24-17(23(31)32)13-25-21(29)15-7-5-6-8-16(15)22(25)30/h5-8,12,17,24H,3-4,9-11,13H2,1-2H3,(H,31,32)/b14-12+. The van der Waals surface area contributed by atoms with Gasteiger partial charge in [-0.15, -0.1) is 0 Å². The monoisotopic (exact) mass is 474 g/mol. The first kappa shape index (κ1) is 26.2. The van der Waals surface area contributed by atoms with Crippen molar-refractivity contribution in [3.63, 3.8) is 0 Å². The number of imide groups is 1. The van der Waals surface area contributed by atoms with Gasteiger partial charge < -0.3 is 19.9 Å². The molecule has 2 rings (SSSR count). The molecule has 1 unspecified atom stereocenters. The zero-order valence-electron chi connectivity index (χ0n) is 18.9. The predicted molar refractivity (Wildman–Crippen MR) is 117 cm³/mol. The molecular weight excluding hydrogens is 448 g/mol. The molecule has 1 aromatic rings.